The summed E-state index contributed by atoms with van der Waals surface area (Å²) in [6.45, 7) is 1.45. The Kier molecular flexibility index (Phi) is 6.63. The van der Waals surface area contributed by atoms with Gasteiger partial charge in [0.25, 0.3) is 5.91 Å². The van der Waals surface area contributed by atoms with Crippen LogP contribution in [0.5, 0.6) is 0 Å². The number of benzene rings is 1. The van der Waals surface area contributed by atoms with Crippen LogP contribution in [-0.2, 0) is 9.53 Å². The van der Waals surface area contributed by atoms with E-state index in [2.05, 4.69) is 10.3 Å². The summed E-state index contributed by atoms with van der Waals surface area (Å²) in [7, 11) is 0. The second-order valence-electron chi connectivity index (χ2n) is 4.95. The first-order valence-electron chi connectivity index (χ1n) is 7.23. The molecule has 1 heterocycles. The molecule has 2 aromatic rings. The molecule has 0 unspecified atom stereocenters. The molecule has 0 saturated carbocycles. The highest BCUT2D eigenvalue weighted by molar-refractivity contribution is 7.98. The molecular weight excluding hydrogens is 348 g/mol. The van der Waals surface area contributed by atoms with Crippen molar-refractivity contribution >= 4 is 35.2 Å². The molecule has 126 valence electrons. The van der Waals surface area contributed by atoms with Gasteiger partial charge in [-0.15, -0.1) is 11.8 Å². The van der Waals surface area contributed by atoms with E-state index in [0.29, 0.717) is 15.6 Å². The molecule has 1 N–H and O–H groups in total. The van der Waals surface area contributed by atoms with Crippen LogP contribution in [-0.4, -0.2) is 29.7 Å². The number of carbonyl (C=O) groups excluding carboxylic acids is 2. The highest BCUT2D eigenvalue weighted by Crippen LogP contribution is 2.22. The minimum Gasteiger partial charge on any atom is -0.452 e. The average molecular weight is 365 g/mol. The molecule has 1 atom stereocenters. The summed E-state index contributed by atoms with van der Waals surface area (Å²) in [6, 6.07) is 10.2. The van der Waals surface area contributed by atoms with Gasteiger partial charge in [0.05, 0.1) is 11.6 Å². The molecule has 0 aliphatic carbocycles. The van der Waals surface area contributed by atoms with Gasteiger partial charge in [-0.05, 0) is 36.9 Å². The van der Waals surface area contributed by atoms with Crippen LogP contribution >= 0.6 is 23.4 Å². The van der Waals surface area contributed by atoms with Gasteiger partial charge in [0.15, 0.2) is 6.61 Å². The Morgan fingerprint density at radius 3 is 2.75 bits per heavy atom. The van der Waals surface area contributed by atoms with E-state index in [4.69, 9.17) is 16.3 Å². The number of esters is 1. The topological polar surface area (TPSA) is 68.3 Å². The first kappa shape index (κ1) is 18.3. The molecule has 1 aromatic carbocycles. The summed E-state index contributed by atoms with van der Waals surface area (Å²) < 4.78 is 5.06. The van der Waals surface area contributed by atoms with Crippen LogP contribution in [0.2, 0.25) is 5.02 Å². The average Bonchev–Trinajstić information content (AvgIpc) is 2.59. The summed E-state index contributed by atoms with van der Waals surface area (Å²) in [5.74, 6) is -0.974. The Bertz CT molecular complexity index is 739. The number of amides is 1. The molecule has 2 rings (SSSR count). The van der Waals surface area contributed by atoms with E-state index in [0.717, 1.165) is 5.56 Å². The number of thioether (sulfide) groups is 1. The number of ether oxygens (including phenoxy) is 1. The van der Waals surface area contributed by atoms with E-state index in [1.54, 1.807) is 24.4 Å². The lowest BCUT2D eigenvalue weighted by molar-refractivity contribution is -0.124. The SMILES string of the molecule is CSc1ncccc1C(=O)OCC(=O)N[C@@H](C)c1ccccc1Cl. The molecule has 1 aromatic heterocycles. The number of nitrogens with zero attached hydrogens (tertiary/aromatic N) is 1. The van der Waals surface area contributed by atoms with Gasteiger partial charge in [-0.1, -0.05) is 29.8 Å². The van der Waals surface area contributed by atoms with Crippen LogP contribution in [0.1, 0.15) is 28.9 Å². The van der Waals surface area contributed by atoms with Crippen molar-refractivity contribution in [2.75, 3.05) is 12.9 Å². The van der Waals surface area contributed by atoms with E-state index >= 15 is 0 Å². The standard InChI is InChI=1S/C17H17ClN2O3S/c1-11(12-6-3-4-8-14(12)18)20-15(21)10-23-17(22)13-7-5-9-19-16(13)24-2/h3-9,11H,10H2,1-2H3,(H,20,21)/t11-/m0/s1. The normalized spacial score (nSPS) is 11.6. The van der Waals surface area contributed by atoms with Gasteiger partial charge in [0, 0.05) is 11.2 Å². The van der Waals surface area contributed by atoms with Gasteiger partial charge in [0.1, 0.15) is 5.03 Å². The van der Waals surface area contributed by atoms with Crippen LogP contribution in [0.25, 0.3) is 0 Å². The molecule has 0 saturated heterocycles. The lowest BCUT2D eigenvalue weighted by atomic mass is 10.1. The second-order valence-corrected chi connectivity index (χ2v) is 6.15. The minimum absolute atomic E-state index is 0.287. The van der Waals surface area contributed by atoms with Crippen molar-refractivity contribution < 1.29 is 14.3 Å². The maximum Gasteiger partial charge on any atom is 0.341 e. The van der Waals surface area contributed by atoms with E-state index in [9.17, 15) is 9.59 Å². The zero-order valence-electron chi connectivity index (χ0n) is 13.3. The van der Waals surface area contributed by atoms with Crippen molar-refractivity contribution in [3.05, 3.63) is 58.7 Å². The Morgan fingerprint density at radius 1 is 1.29 bits per heavy atom. The van der Waals surface area contributed by atoms with Gasteiger partial charge in [-0.25, -0.2) is 9.78 Å². The first-order valence-corrected chi connectivity index (χ1v) is 8.83. The van der Waals surface area contributed by atoms with Crippen molar-refractivity contribution in [3.63, 3.8) is 0 Å². The molecule has 0 aliphatic rings. The van der Waals surface area contributed by atoms with Crippen LogP contribution in [0.15, 0.2) is 47.6 Å². The molecule has 0 fully saturated rings. The molecule has 0 spiro atoms. The molecule has 5 nitrogen and oxygen atoms in total. The van der Waals surface area contributed by atoms with Gasteiger partial charge in [-0.2, -0.15) is 0 Å². The van der Waals surface area contributed by atoms with Crippen molar-refractivity contribution in [3.8, 4) is 0 Å². The number of halogens is 1. The molecule has 0 radical (unpaired) electrons. The number of hydrogen-bond donors (Lipinski definition) is 1. The van der Waals surface area contributed by atoms with Crippen LogP contribution in [0.3, 0.4) is 0 Å². The van der Waals surface area contributed by atoms with Crippen molar-refractivity contribution in [2.24, 2.45) is 0 Å². The predicted octanol–water partition coefficient (Wildman–Crippen LogP) is 3.49. The second kappa shape index (κ2) is 8.70. The number of pyridine rings is 1. The Balaban J connectivity index is 1.91. The van der Waals surface area contributed by atoms with Crippen molar-refractivity contribution in [1.82, 2.24) is 10.3 Å². The first-order chi connectivity index (χ1) is 11.5. The molecule has 1 amide bonds. The van der Waals surface area contributed by atoms with Crippen LogP contribution < -0.4 is 5.32 Å². The Morgan fingerprint density at radius 2 is 2.04 bits per heavy atom. The van der Waals surface area contributed by atoms with Gasteiger partial charge in [-0.3, -0.25) is 4.79 Å². The fourth-order valence-electron chi connectivity index (χ4n) is 2.10. The summed E-state index contributed by atoms with van der Waals surface area (Å²) in [5, 5.41) is 3.88. The highest BCUT2D eigenvalue weighted by Gasteiger charge is 2.16. The van der Waals surface area contributed by atoms with Gasteiger partial charge < -0.3 is 10.1 Å². The number of nitrogens with one attached hydrogen (secondary N) is 1. The lowest BCUT2D eigenvalue weighted by Crippen LogP contribution is -2.31. The maximum atomic E-state index is 12.1. The third-order valence-electron chi connectivity index (χ3n) is 3.27. The van der Waals surface area contributed by atoms with E-state index in [-0.39, 0.29) is 12.6 Å². The van der Waals surface area contributed by atoms with E-state index in [1.807, 2.05) is 31.4 Å². The number of aromatic nitrogens is 1. The fraction of sp³-hybridized carbons (Fsp3) is 0.235. The maximum absolute atomic E-state index is 12.1. The largest absolute Gasteiger partial charge is 0.452 e. The van der Waals surface area contributed by atoms with E-state index in [1.165, 1.54) is 11.8 Å². The number of hydrogen-bond acceptors (Lipinski definition) is 5. The van der Waals surface area contributed by atoms with Gasteiger partial charge in [0.2, 0.25) is 0 Å². The van der Waals surface area contributed by atoms with E-state index < -0.39 is 11.9 Å². The Labute approximate surface area is 149 Å². The van der Waals surface area contributed by atoms with Crippen LogP contribution in [0.4, 0.5) is 0 Å². The molecule has 7 heteroatoms. The number of carbonyl (C=O) groups is 2. The zero-order chi connectivity index (χ0) is 17.5. The molecule has 0 aliphatic heterocycles. The minimum atomic E-state index is -0.576. The van der Waals surface area contributed by atoms with Crippen molar-refractivity contribution in [1.29, 1.82) is 0 Å². The fourth-order valence-corrected chi connectivity index (χ4v) is 2.94. The summed E-state index contributed by atoms with van der Waals surface area (Å²) in [6.07, 6.45) is 3.41. The van der Waals surface area contributed by atoms with Gasteiger partial charge >= 0.3 is 5.97 Å². The number of rotatable bonds is 6. The van der Waals surface area contributed by atoms with Crippen molar-refractivity contribution in [2.45, 2.75) is 18.0 Å². The highest BCUT2D eigenvalue weighted by atomic mass is 35.5. The third-order valence-corrected chi connectivity index (χ3v) is 4.32. The quantitative estimate of drug-likeness (QED) is 0.627. The Hall–Kier alpha value is -2.05. The molecular formula is C17H17ClN2O3S. The zero-order valence-corrected chi connectivity index (χ0v) is 14.9. The predicted molar refractivity (Wildman–Crippen MR) is 94.3 cm³/mol. The van der Waals surface area contributed by atoms with Crippen LogP contribution in [0, 0.1) is 0 Å². The molecule has 0 bridgehead atoms. The molecule has 24 heavy (non-hydrogen) atoms. The third kappa shape index (κ3) is 4.72. The lowest BCUT2D eigenvalue weighted by Gasteiger charge is -2.15. The monoisotopic (exact) mass is 364 g/mol. The summed E-state index contributed by atoms with van der Waals surface area (Å²) in [5.41, 5.74) is 1.15. The summed E-state index contributed by atoms with van der Waals surface area (Å²) >= 11 is 7.44. The smallest absolute Gasteiger partial charge is 0.341 e. The summed E-state index contributed by atoms with van der Waals surface area (Å²) in [4.78, 5) is 28.1.